The molecule has 2 saturated heterocycles. The fraction of sp³-hybridized carbons (Fsp3) is 0.269. The summed E-state index contributed by atoms with van der Waals surface area (Å²) in [6, 6.07) is 17.3. The summed E-state index contributed by atoms with van der Waals surface area (Å²) in [6.07, 6.45) is 6.77. The van der Waals surface area contributed by atoms with Crippen molar-refractivity contribution in [2.75, 3.05) is 30.4 Å². The van der Waals surface area contributed by atoms with Crippen molar-refractivity contribution in [3.8, 4) is 16.9 Å². The second-order valence-electron chi connectivity index (χ2n) is 9.18. The van der Waals surface area contributed by atoms with Gasteiger partial charge in [-0.15, -0.1) is 0 Å². The van der Waals surface area contributed by atoms with E-state index < -0.39 is 0 Å². The van der Waals surface area contributed by atoms with Gasteiger partial charge in [0.05, 0.1) is 17.6 Å². The van der Waals surface area contributed by atoms with Crippen LogP contribution in [0.2, 0.25) is 5.02 Å². The number of aromatic nitrogens is 4. The van der Waals surface area contributed by atoms with E-state index in [2.05, 4.69) is 57.4 Å². The van der Waals surface area contributed by atoms with E-state index >= 15 is 0 Å². The van der Waals surface area contributed by atoms with Crippen LogP contribution in [0.4, 0.5) is 17.3 Å². The highest BCUT2D eigenvalue weighted by Crippen LogP contribution is 2.36. The minimum Gasteiger partial charge on any atom is -0.365 e. The highest BCUT2D eigenvalue weighted by molar-refractivity contribution is 6.30. The lowest BCUT2D eigenvalue weighted by Gasteiger charge is -2.34. The van der Waals surface area contributed by atoms with Crippen LogP contribution in [-0.4, -0.2) is 56.9 Å². The molecule has 2 atom stereocenters. The Kier molecular flexibility index (Phi) is 5.23. The van der Waals surface area contributed by atoms with Crippen LogP contribution < -0.4 is 10.2 Å². The quantitative estimate of drug-likeness (QED) is 0.445. The predicted octanol–water partition coefficient (Wildman–Crippen LogP) is 4.93. The normalized spacial score (nSPS) is 19.7. The molecule has 1 N–H and O–H groups in total. The number of fused-ring (bicyclic) bond motifs is 2. The van der Waals surface area contributed by atoms with Crippen LogP contribution in [-0.2, 0) is 0 Å². The SMILES string of the molecule is Cc1cc(Nc2nccc(-c3cnn(-c4cccc(Cl)c4)c3)n2)ccc1N1CC2CC1CN2C. The molecule has 0 spiro atoms. The van der Waals surface area contributed by atoms with Crippen LogP contribution in [0.25, 0.3) is 16.9 Å². The van der Waals surface area contributed by atoms with E-state index in [1.165, 1.54) is 17.7 Å². The van der Waals surface area contributed by atoms with E-state index in [-0.39, 0.29) is 0 Å². The minimum absolute atomic E-state index is 0.557. The lowest BCUT2D eigenvalue weighted by atomic mass is 10.1. The molecule has 0 radical (unpaired) electrons. The predicted molar refractivity (Wildman–Crippen MR) is 136 cm³/mol. The zero-order valence-electron chi connectivity index (χ0n) is 19.2. The van der Waals surface area contributed by atoms with Crippen LogP contribution in [0.1, 0.15) is 12.0 Å². The van der Waals surface area contributed by atoms with Crippen LogP contribution in [0, 0.1) is 6.92 Å². The maximum atomic E-state index is 6.12. The van der Waals surface area contributed by atoms with E-state index in [1.54, 1.807) is 17.1 Å². The Bertz CT molecular complexity index is 1350. The molecule has 8 heteroatoms. The van der Waals surface area contributed by atoms with Crippen molar-refractivity contribution in [1.29, 1.82) is 0 Å². The van der Waals surface area contributed by atoms with Crippen LogP contribution in [0.3, 0.4) is 0 Å². The van der Waals surface area contributed by atoms with Crippen LogP contribution in [0.5, 0.6) is 0 Å². The van der Waals surface area contributed by atoms with Crippen LogP contribution in [0.15, 0.2) is 67.1 Å². The van der Waals surface area contributed by atoms with Gasteiger partial charge in [-0.1, -0.05) is 17.7 Å². The van der Waals surface area contributed by atoms with Crippen molar-refractivity contribution in [1.82, 2.24) is 24.6 Å². The lowest BCUT2D eigenvalue weighted by molar-refractivity contribution is 0.292. The first-order chi connectivity index (χ1) is 16.5. The van der Waals surface area contributed by atoms with Crippen molar-refractivity contribution < 1.29 is 0 Å². The lowest BCUT2D eigenvalue weighted by Crippen LogP contribution is -2.44. The molecule has 2 aliphatic rings. The summed E-state index contributed by atoms with van der Waals surface area (Å²) >= 11 is 6.12. The Labute approximate surface area is 204 Å². The third-order valence-corrected chi connectivity index (χ3v) is 7.12. The Morgan fingerprint density at radius 3 is 2.74 bits per heavy atom. The van der Waals surface area contributed by atoms with Gasteiger partial charge in [-0.3, -0.25) is 4.90 Å². The van der Waals surface area contributed by atoms with Crippen molar-refractivity contribution in [3.05, 3.63) is 77.7 Å². The number of rotatable bonds is 5. The van der Waals surface area contributed by atoms with Gasteiger partial charge in [0.15, 0.2) is 0 Å². The Morgan fingerprint density at radius 1 is 1.06 bits per heavy atom. The van der Waals surface area contributed by atoms with Gasteiger partial charge in [0, 0.05) is 59.5 Å². The summed E-state index contributed by atoms with van der Waals surface area (Å²) in [4.78, 5) is 14.2. The second kappa shape index (κ2) is 8.42. The summed E-state index contributed by atoms with van der Waals surface area (Å²) in [5.41, 5.74) is 6.19. The second-order valence-corrected chi connectivity index (χ2v) is 9.62. The number of halogens is 1. The molecule has 2 bridgehead atoms. The van der Waals surface area contributed by atoms with E-state index in [4.69, 9.17) is 16.6 Å². The summed E-state index contributed by atoms with van der Waals surface area (Å²) in [5, 5.41) is 8.51. The maximum absolute atomic E-state index is 6.12. The fourth-order valence-corrected chi connectivity index (χ4v) is 5.32. The molecule has 2 aromatic heterocycles. The minimum atomic E-state index is 0.557. The molecular formula is C26H26ClN7. The molecular weight excluding hydrogens is 446 g/mol. The van der Waals surface area contributed by atoms with E-state index in [0.717, 1.165) is 35.7 Å². The zero-order valence-corrected chi connectivity index (χ0v) is 19.9. The first-order valence-electron chi connectivity index (χ1n) is 11.5. The molecule has 6 rings (SSSR count). The number of hydrogen-bond acceptors (Lipinski definition) is 6. The summed E-state index contributed by atoms with van der Waals surface area (Å²) in [5.74, 6) is 0.557. The van der Waals surface area contributed by atoms with Gasteiger partial charge >= 0.3 is 0 Å². The third kappa shape index (κ3) is 3.91. The highest BCUT2D eigenvalue weighted by atomic mass is 35.5. The number of anilines is 3. The molecule has 2 aliphatic heterocycles. The number of aryl methyl sites for hydroxylation is 1. The monoisotopic (exact) mass is 471 g/mol. The van der Waals surface area contributed by atoms with Gasteiger partial charge in [-0.05, 0) is 68.4 Å². The summed E-state index contributed by atoms with van der Waals surface area (Å²) in [7, 11) is 2.23. The Balaban J connectivity index is 1.20. The van der Waals surface area contributed by atoms with Crippen molar-refractivity contribution in [3.63, 3.8) is 0 Å². The van der Waals surface area contributed by atoms with Gasteiger partial charge in [-0.25, -0.2) is 14.6 Å². The standard InChI is InChI=1S/C26H26ClN7/c1-17-10-20(6-7-25(17)33-16-22-12-23(33)15-32(22)2)30-26-28-9-8-24(31-26)18-13-29-34(14-18)21-5-3-4-19(27)11-21/h3-11,13-14,22-23H,12,15-16H2,1-2H3,(H,28,30,31). The van der Waals surface area contributed by atoms with Gasteiger partial charge in [-0.2, -0.15) is 5.10 Å². The average molecular weight is 472 g/mol. The molecule has 2 aromatic carbocycles. The van der Waals surface area contributed by atoms with Crippen LogP contribution >= 0.6 is 11.6 Å². The Hall–Kier alpha value is -3.42. The molecule has 0 aliphatic carbocycles. The molecule has 0 amide bonds. The van der Waals surface area contributed by atoms with Crippen molar-refractivity contribution in [2.24, 2.45) is 0 Å². The highest BCUT2D eigenvalue weighted by Gasteiger charge is 2.41. The summed E-state index contributed by atoms with van der Waals surface area (Å²) < 4.78 is 1.79. The maximum Gasteiger partial charge on any atom is 0.227 e. The number of nitrogens with zero attached hydrogens (tertiary/aromatic N) is 6. The molecule has 4 aromatic rings. The number of nitrogens with one attached hydrogen (secondary N) is 1. The molecule has 2 fully saturated rings. The van der Waals surface area contributed by atoms with E-state index in [9.17, 15) is 0 Å². The Morgan fingerprint density at radius 2 is 1.97 bits per heavy atom. The van der Waals surface area contributed by atoms with Gasteiger partial charge in [0.2, 0.25) is 5.95 Å². The van der Waals surface area contributed by atoms with Crippen molar-refractivity contribution in [2.45, 2.75) is 25.4 Å². The molecule has 7 nitrogen and oxygen atoms in total. The molecule has 34 heavy (non-hydrogen) atoms. The third-order valence-electron chi connectivity index (χ3n) is 6.88. The van der Waals surface area contributed by atoms with Gasteiger partial charge in [0.1, 0.15) is 0 Å². The number of likely N-dealkylation sites (N-methyl/N-ethyl adjacent to an activating group) is 1. The molecule has 4 heterocycles. The first-order valence-corrected chi connectivity index (χ1v) is 11.9. The summed E-state index contributed by atoms with van der Waals surface area (Å²) in [6.45, 7) is 4.44. The average Bonchev–Trinajstić information content (AvgIpc) is 3.55. The number of likely N-dealkylation sites (tertiary alicyclic amines) is 1. The number of benzene rings is 2. The smallest absolute Gasteiger partial charge is 0.227 e. The van der Waals surface area contributed by atoms with Crippen molar-refractivity contribution >= 4 is 28.9 Å². The number of piperazine rings is 1. The van der Waals surface area contributed by atoms with E-state index in [0.29, 0.717) is 23.1 Å². The first kappa shape index (κ1) is 21.1. The fourth-order valence-electron chi connectivity index (χ4n) is 5.14. The van der Waals surface area contributed by atoms with Gasteiger partial charge in [0.25, 0.3) is 0 Å². The molecule has 0 saturated carbocycles. The zero-order chi connectivity index (χ0) is 23.2. The molecule has 172 valence electrons. The molecule has 2 unspecified atom stereocenters. The van der Waals surface area contributed by atoms with Gasteiger partial charge < -0.3 is 10.2 Å². The van der Waals surface area contributed by atoms with E-state index in [1.807, 2.05) is 36.5 Å². The largest absolute Gasteiger partial charge is 0.365 e. The topological polar surface area (TPSA) is 62.1 Å². The number of hydrogen-bond donors (Lipinski definition) is 1.